The number of carbonyl (C=O) groups excluding carboxylic acids is 1. The van der Waals surface area contributed by atoms with Crippen molar-refractivity contribution in [1.29, 1.82) is 5.26 Å². The largest absolute Gasteiger partial charge is 0.368 e. The quantitative estimate of drug-likeness (QED) is 0.620. The van der Waals surface area contributed by atoms with Crippen LogP contribution in [0.2, 0.25) is 0 Å². The molecule has 0 bridgehead atoms. The van der Waals surface area contributed by atoms with Crippen LogP contribution in [0.25, 0.3) is 11.3 Å². The first kappa shape index (κ1) is 19.9. The molecule has 32 heavy (non-hydrogen) atoms. The van der Waals surface area contributed by atoms with Crippen LogP contribution in [-0.2, 0) is 4.79 Å². The summed E-state index contributed by atoms with van der Waals surface area (Å²) in [6.45, 7) is 0.776. The number of anilines is 3. The van der Waals surface area contributed by atoms with Gasteiger partial charge in [0.25, 0.3) is 0 Å². The van der Waals surface area contributed by atoms with Gasteiger partial charge < -0.3 is 16.0 Å². The SMILES string of the molecule is N#Cc1ccnc(Nc2cc(C3CC3)cc(-c3ccc(N4CCC[C@H]4C(N)=O)nc3)n2)c1. The summed E-state index contributed by atoms with van der Waals surface area (Å²) < 4.78 is 0. The van der Waals surface area contributed by atoms with Crippen LogP contribution in [0.15, 0.2) is 48.8 Å². The van der Waals surface area contributed by atoms with Crippen LogP contribution in [0.1, 0.15) is 42.7 Å². The third-order valence-corrected chi connectivity index (χ3v) is 5.96. The Morgan fingerprint density at radius 1 is 1.12 bits per heavy atom. The highest BCUT2D eigenvalue weighted by Gasteiger charge is 2.30. The number of hydrogen-bond acceptors (Lipinski definition) is 7. The molecule has 1 aliphatic heterocycles. The van der Waals surface area contributed by atoms with Crippen molar-refractivity contribution in [2.45, 2.75) is 37.6 Å². The van der Waals surface area contributed by atoms with Gasteiger partial charge in [0.15, 0.2) is 0 Å². The summed E-state index contributed by atoms with van der Waals surface area (Å²) in [6.07, 6.45) is 7.44. The van der Waals surface area contributed by atoms with E-state index in [9.17, 15) is 4.79 Å². The molecule has 1 aliphatic carbocycles. The number of rotatable bonds is 6. The lowest BCUT2D eigenvalue weighted by molar-refractivity contribution is -0.119. The number of carbonyl (C=O) groups is 1. The van der Waals surface area contributed by atoms with Gasteiger partial charge in [-0.25, -0.2) is 15.0 Å². The van der Waals surface area contributed by atoms with Gasteiger partial charge in [-0.3, -0.25) is 4.79 Å². The average molecular weight is 425 g/mol. The third-order valence-electron chi connectivity index (χ3n) is 5.96. The maximum atomic E-state index is 11.7. The van der Waals surface area contributed by atoms with Crippen LogP contribution < -0.4 is 16.0 Å². The van der Waals surface area contributed by atoms with Gasteiger partial charge in [-0.05, 0) is 73.6 Å². The van der Waals surface area contributed by atoms with Gasteiger partial charge in [0.05, 0.1) is 17.3 Å². The second kappa shape index (κ2) is 8.27. The Balaban J connectivity index is 1.44. The zero-order valence-corrected chi connectivity index (χ0v) is 17.5. The highest BCUT2D eigenvalue weighted by Crippen LogP contribution is 2.42. The van der Waals surface area contributed by atoms with Gasteiger partial charge in [0.1, 0.15) is 23.5 Å². The predicted octanol–water partition coefficient (Wildman–Crippen LogP) is 3.49. The lowest BCUT2D eigenvalue weighted by Crippen LogP contribution is -2.40. The van der Waals surface area contributed by atoms with Crippen LogP contribution in [-0.4, -0.2) is 33.4 Å². The predicted molar refractivity (Wildman–Crippen MR) is 121 cm³/mol. The lowest BCUT2D eigenvalue weighted by atomic mass is 10.1. The molecule has 160 valence electrons. The number of hydrogen-bond donors (Lipinski definition) is 2. The molecule has 4 heterocycles. The van der Waals surface area contributed by atoms with Gasteiger partial charge in [-0.2, -0.15) is 5.26 Å². The van der Waals surface area contributed by atoms with Gasteiger partial charge in [-0.1, -0.05) is 0 Å². The van der Waals surface area contributed by atoms with Crippen molar-refractivity contribution < 1.29 is 4.79 Å². The smallest absolute Gasteiger partial charge is 0.240 e. The third kappa shape index (κ3) is 4.10. The number of amides is 1. The van der Waals surface area contributed by atoms with Crippen molar-refractivity contribution in [2.24, 2.45) is 5.73 Å². The number of nitrogens with zero attached hydrogens (tertiary/aromatic N) is 5. The minimum absolute atomic E-state index is 0.294. The Morgan fingerprint density at radius 3 is 2.72 bits per heavy atom. The Kier molecular flexibility index (Phi) is 5.15. The van der Waals surface area contributed by atoms with Crippen molar-refractivity contribution in [3.63, 3.8) is 0 Å². The molecular formula is C24H23N7O. The Labute approximate surface area is 186 Å². The molecule has 8 heteroatoms. The fourth-order valence-electron chi connectivity index (χ4n) is 4.16. The monoisotopic (exact) mass is 425 g/mol. The molecule has 0 aromatic carbocycles. The molecule has 1 atom stereocenters. The molecule has 5 rings (SSSR count). The summed E-state index contributed by atoms with van der Waals surface area (Å²) in [7, 11) is 0. The van der Waals surface area contributed by atoms with E-state index in [1.807, 2.05) is 23.1 Å². The highest BCUT2D eigenvalue weighted by atomic mass is 16.1. The van der Waals surface area contributed by atoms with E-state index in [-0.39, 0.29) is 11.9 Å². The van der Waals surface area contributed by atoms with Crippen molar-refractivity contribution in [1.82, 2.24) is 15.0 Å². The van der Waals surface area contributed by atoms with E-state index in [1.54, 1.807) is 24.5 Å². The molecule has 1 amide bonds. The Morgan fingerprint density at radius 2 is 2.00 bits per heavy atom. The Bertz CT molecular complexity index is 1200. The molecule has 1 saturated carbocycles. The van der Waals surface area contributed by atoms with E-state index in [1.165, 1.54) is 18.4 Å². The molecule has 2 aliphatic rings. The molecular weight excluding hydrogens is 402 g/mol. The molecule has 3 N–H and O–H groups in total. The van der Waals surface area contributed by atoms with Gasteiger partial charge in [0, 0.05) is 24.5 Å². The Hall–Kier alpha value is -3.99. The minimum Gasteiger partial charge on any atom is -0.368 e. The van der Waals surface area contributed by atoms with Gasteiger partial charge in [-0.15, -0.1) is 0 Å². The zero-order chi connectivity index (χ0) is 22.1. The molecule has 0 spiro atoms. The first-order valence-corrected chi connectivity index (χ1v) is 10.8. The lowest BCUT2D eigenvalue weighted by Gasteiger charge is -2.23. The van der Waals surface area contributed by atoms with E-state index in [4.69, 9.17) is 16.0 Å². The van der Waals surface area contributed by atoms with Gasteiger partial charge in [0.2, 0.25) is 5.91 Å². The summed E-state index contributed by atoms with van der Waals surface area (Å²) in [6, 6.07) is 13.3. The number of aromatic nitrogens is 3. The normalized spacial score (nSPS) is 17.7. The van der Waals surface area contributed by atoms with E-state index >= 15 is 0 Å². The van der Waals surface area contributed by atoms with Crippen LogP contribution >= 0.6 is 0 Å². The van der Waals surface area contributed by atoms with Crippen LogP contribution in [0.4, 0.5) is 17.5 Å². The van der Waals surface area contributed by atoms with Gasteiger partial charge >= 0.3 is 0 Å². The highest BCUT2D eigenvalue weighted by molar-refractivity contribution is 5.84. The summed E-state index contributed by atoms with van der Waals surface area (Å²) in [4.78, 5) is 27.4. The van der Waals surface area contributed by atoms with E-state index in [2.05, 4.69) is 27.4 Å². The summed E-state index contributed by atoms with van der Waals surface area (Å²) in [5.41, 5.74) is 9.03. The number of nitriles is 1. The topological polar surface area (TPSA) is 121 Å². The van der Waals surface area contributed by atoms with Crippen LogP contribution in [0.3, 0.4) is 0 Å². The molecule has 1 saturated heterocycles. The van der Waals surface area contributed by atoms with Crippen LogP contribution in [0.5, 0.6) is 0 Å². The molecule has 2 fully saturated rings. The molecule has 3 aromatic rings. The van der Waals surface area contributed by atoms with E-state index in [0.29, 0.717) is 23.1 Å². The number of nitrogens with one attached hydrogen (secondary N) is 1. The maximum absolute atomic E-state index is 11.7. The summed E-state index contributed by atoms with van der Waals surface area (Å²) >= 11 is 0. The number of primary amides is 1. The van der Waals surface area contributed by atoms with E-state index in [0.717, 1.165) is 36.5 Å². The molecule has 0 unspecified atom stereocenters. The molecule has 8 nitrogen and oxygen atoms in total. The van der Waals surface area contributed by atoms with E-state index < -0.39 is 0 Å². The average Bonchev–Trinajstić information content (AvgIpc) is 3.55. The van der Waals surface area contributed by atoms with Crippen LogP contribution in [0, 0.1) is 11.3 Å². The molecule has 0 radical (unpaired) electrons. The first-order valence-electron chi connectivity index (χ1n) is 10.8. The summed E-state index contributed by atoms with van der Waals surface area (Å²) in [5, 5.41) is 12.4. The van der Waals surface area contributed by atoms with Crippen molar-refractivity contribution in [2.75, 3.05) is 16.8 Å². The maximum Gasteiger partial charge on any atom is 0.240 e. The fraction of sp³-hybridized carbons (Fsp3) is 0.292. The van der Waals surface area contributed by atoms with Crippen molar-refractivity contribution >= 4 is 23.4 Å². The van der Waals surface area contributed by atoms with Crippen molar-refractivity contribution in [3.05, 3.63) is 59.9 Å². The zero-order valence-electron chi connectivity index (χ0n) is 17.5. The first-order chi connectivity index (χ1) is 15.6. The second-order valence-electron chi connectivity index (χ2n) is 8.27. The fourth-order valence-corrected chi connectivity index (χ4v) is 4.16. The number of pyridine rings is 3. The number of nitrogens with two attached hydrogens (primary N) is 1. The molecule has 3 aromatic heterocycles. The van der Waals surface area contributed by atoms with Crippen molar-refractivity contribution in [3.8, 4) is 17.3 Å². The standard InChI is InChI=1S/C24H23N7O/c25-13-15-7-8-27-21(10-15)30-22-12-18(16-3-4-16)11-19(29-22)17-5-6-23(28-14-17)31-9-1-2-20(31)24(26)32/h5-8,10-12,14,16,20H,1-4,9H2,(H2,26,32)(H,27,29,30)/t20-/m0/s1. The summed E-state index contributed by atoms with van der Waals surface area (Å²) in [5.74, 6) is 2.25. The second-order valence-corrected chi connectivity index (χ2v) is 8.27. The minimum atomic E-state index is -0.308.